The normalized spacial score (nSPS) is 18.5. The number of carbonyl (C=O) groups excluding carboxylic acids is 3. The van der Waals surface area contributed by atoms with E-state index in [4.69, 9.17) is 0 Å². The van der Waals surface area contributed by atoms with Crippen molar-refractivity contribution in [3.63, 3.8) is 0 Å². The number of hydrogen-bond donors (Lipinski definition) is 2. The summed E-state index contributed by atoms with van der Waals surface area (Å²) >= 11 is 2.76. The Labute approximate surface area is 187 Å². The molecule has 4 rings (SSSR count). The molecule has 2 aromatic heterocycles. The second-order valence-corrected chi connectivity index (χ2v) is 9.28. The minimum absolute atomic E-state index is 0.00476. The van der Waals surface area contributed by atoms with Crippen LogP contribution < -0.4 is 10.7 Å². The first-order chi connectivity index (χ1) is 14.8. The van der Waals surface area contributed by atoms with Gasteiger partial charge in [0, 0.05) is 10.9 Å². The van der Waals surface area contributed by atoms with Crippen LogP contribution in [-0.4, -0.2) is 44.1 Å². The summed E-state index contributed by atoms with van der Waals surface area (Å²) < 4.78 is 0. The van der Waals surface area contributed by atoms with Crippen molar-refractivity contribution in [3.05, 3.63) is 41.5 Å². The lowest BCUT2D eigenvalue weighted by Crippen LogP contribution is -2.49. The van der Waals surface area contributed by atoms with Crippen molar-refractivity contribution in [1.29, 1.82) is 0 Å². The fraction of sp³-hybridized carbons (Fsp3) is 0.286. The van der Waals surface area contributed by atoms with Crippen LogP contribution in [0.2, 0.25) is 0 Å². The molecule has 3 aromatic rings. The van der Waals surface area contributed by atoms with Gasteiger partial charge in [-0.3, -0.25) is 15.0 Å². The molecule has 1 atom stereocenters. The van der Waals surface area contributed by atoms with Crippen LogP contribution >= 0.6 is 23.1 Å². The molecule has 0 radical (unpaired) electrons. The number of thiophene rings is 1. The molecule has 31 heavy (non-hydrogen) atoms. The highest BCUT2D eigenvalue weighted by atomic mass is 32.2. The fourth-order valence-electron chi connectivity index (χ4n) is 3.22. The molecular formula is C21H21N5O3S2. The quantitative estimate of drug-likeness (QED) is 0.335. The first kappa shape index (κ1) is 21.3. The maximum absolute atomic E-state index is 12.5. The van der Waals surface area contributed by atoms with E-state index in [1.165, 1.54) is 35.0 Å². The molecule has 4 amide bonds. The van der Waals surface area contributed by atoms with E-state index in [1.54, 1.807) is 13.8 Å². The van der Waals surface area contributed by atoms with E-state index in [0.717, 1.165) is 26.4 Å². The average molecular weight is 456 g/mol. The molecule has 2 N–H and O–H groups in total. The molecule has 1 fully saturated rings. The van der Waals surface area contributed by atoms with Gasteiger partial charge >= 0.3 is 6.03 Å². The van der Waals surface area contributed by atoms with Crippen molar-refractivity contribution in [3.8, 4) is 11.1 Å². The van der Waals surface area contributed by atoms with E-state index >= 15 is 0 Å². The van der Waals surface area contributed by atoms with Gasteiger partial charge < -0.3 is 5.32 Å². The van der Waals surface area contributed by atoms with Gasteiger partial charge in [-0.15, -0.1) is 11.3 Å². The van der Waals surface area contributed by atoms with E-state index in [-0.39, 0.29) is 5.75 Å². The van der Waals surface area contributed by atoms with Crippen LogP contribution in [-0.2, 0) is 9.59 Å². The van der Waals surface area contributed by atoms with Crippen LogP contribution in [0.15, 0.2) is 41.0 Å². The Balaban J connectivity index is 1.51. The second-order valence-electron chi connectivity index (χ2n) is 7.45. The largest absolute Gasteiger partial charge is 0.344 e. The Morgan fingerprint density at radius 3 is 2.68 bits per heavy atom. The van der Waals surface area contributed by atoms with E-state index in [1.807, 2.05) is 36.6 Å². The maximum Gasteiger partial charge on any atom is 0.344 e. The molecule has 0 bridgehead atoms. The molecule has 3 heterocycles. The highest BCUT2D eigenvalue weighted by molar-refractivity contribution is 8.00. The lowest BCUT2D eigenvalue weighted by molar-refractivity contribution is -0.137. The summed E-state index contributed by atoms with van der Waals surface area (Å²) in [6, 6.07) is 7.56. The van der Waals surface area contributed by atoms with Crippen LogP contribution in [0.5, 0.6) is 0 Å². The molecule has 1 aromatic carbocycles. The third-order valence-electron chi connectivity index (χ3n) is 5.24. The van der Waals surface area contributed by atoms with Gasteiger partial charge in [0.15, 0.2) is 0 Å². The molecule has 1 aliphatic rings. The topological polar surface area (TPSA) is 104 Å². The Morgan fingerprint density at radius 2 is 2.00 bits per heavy atom. The zero-order chi connectivity index (χ0) is 22.2. The molecule has 8 nitrogen and oxygen atoms in total. The summed E-state index contributed by atoms with van der Waals surface area (Å²) in [4.78, 5) is 46.6. The number of hydrogen-bond acceptors (Lipinski definition) is 7. The van der Waals surface area contributed by atoms with E-state index in [2.05, 4.69) is 20.7 Å². The molecule has 0 saturated carbocycles. The number of aromatic nitrogens is 2. The average Bonchev–Trinajstić information content (AvgIpc) is 3.28. The van der Waals surface area contributed by atoms with E-state index in [0.29, 0.717) is 11.4 Å². The Kier molecular flexibility index (Phi) is 5.67. The summed E-state index contributed by atoms with van der Waals surface area (Å²) in [5, 5.41) is 6.96. The molecule has 10 heteroatoms. The number of urea groups is 1. The molecule has 1 unspecified atom stereocenters. The zero-order valence-corrected chi connectivity index (χ0v) is 18.9. The first-order valence-electron chi connectivity index (χ1n) is 9.70. The number of fused-ring (bicyclic) bond motifs is 1. The van der Waals surface area contributed by atoms with Gasteiger partial charge in [0.2, 0.25) is 5.91 Å². The van der Waals surface area contributed by atoms with Gasteiger partial charge in [-0.1, -0.05) is 48.5 Å². The van der Waals surface area contributed by atoms with E-state index in [9.17, 15) is 14.4 Å². The smallest absolute Gasteiger partial charge is 0.322 e. The summed E-state index contributed by atoms with van der Waals surface area (Å²) in [7, 11) is 0. The van der Waals surface area contributed by atoms with Gasteiger partial charge in [0.1, 0.15) is 21.7 Å². The van der Waals surface area contributed by atoms with Gasteiger partial charge in [-0.25, -0.2) is 14.8 Å². The van der Waals surface area contributed by atoms with Crippen LogP contribution in [0.25, 0.3) is 21.3 Å². The van der Waals surface area contributed by atoms with Gasteiger partial charge in [0.25, 0.3) is 5.91 Å². The van der Waals surface area contributed by atoms with Crippen molar-refractivity contribution in [2.24, 2.45) is 0 Å². The summed E-state index contributed by atoms with van der Waals surface area (Å²) in [6.07, 6.45) is 1.90. The Morgan fingerprint density at radius 1 is 1.26 bits per heavy atom. The van der Waals surface area contributed by atoms with Crippen molar-refractivity contribution in [2.45, 2.75) is 37.8 Å². The number of thioether (sulfide) groups is 1. The number of nitrogens with zero attached hydrogens (tertiary/aromatic N) is 3. The summed E-state index contributed by atoms with van der Waals surface area (Å²) in [5.74, 6) is -0.940. The van der Waals surface area contributed by atoms with Crippen molar-refractivity contribution < 1.29 is 14.4 Å². The third-order valence-corrected chi connectivity index (χ3v) is 7.12. The number of hydrazine groups is 1. The Bertz CT molecular complexity index is 1180. The van der Waals surface area contributed by atoms with Gasteiger partial charge in [0.05, 0.1) is 11.1 Å². The minimum Gasteiger partial charge on any atom is -0.322 e. The molecule has 1 aliphatic heterocycles. The first-order valence-corrected chi connectivity index (χ1v) is 11.6. The van der Waals surface area contributed by atoms with Crippen molar-refractivity contribution >= 4 is 51.2 Å². The van der Waals surface area contributed by atoms with Crippen LogP contribution in [0.1, 0.15) is 25.8 Å². The number of nitrogens with one attached hydrogen (secondary N) is 2. The van der Waals surface area contributed by atoms with Gasteiger partial charge in [-0.05, 0) is 25.8 Å². The molecule has 0 aliphatic carbocycles. The highest BCUT2D eigenvalue weighted by Gasteiger charge is 2.47. The van der Waals surface area contributed by atoms with Crippen molar-refractivity contribution in [2.75, 3.05) is 5.75 Å². The number of benzene rings is 1. The van der Waals surface area contributed by atoms with Gasteiger partial charge in [-0.2, -0.15) is 5.01 Å². The zero-order valence-electron chi connectivity index (χ0n) is 17.3. The third kappa shape index (κ3) is 4.00. The number of aryl methyl sites for hydroxylation is 1. The standard InChI is InChI=1S/C21H21N5O3S2/c1-4-21(3)19(28)26(20(29)24-21)25-15(27)10-31-18-16-14(9-30-17(16)22-11-23-18)13-7-5-12(2)6-8-13/h5-9,11H,4,10H2,1-3H3,(H,24,29)(H,25,27). The molecule has 160 valence electrons. The predicted octanol–water partition coefficient (Wildman–Crippen LogP) is 3.51. The molecular weight excluding hydrogens is 434 g/mol. The molecule has 0 spiro atoms. The van der Waals surface area contributed by atoms with Crippen LogP contribution in [0.4, 0.5) is 4.79 Å². The fourth-order valence-corrected chi connectivity index (χ4v) is 5.00. The highest BCUT2D eigenvalue weighted by Crippen LogP contribution is 2.37. The summed E-state index contributed by atoms with van der Waals surface area (Å²) in [6.45, 7) is 5.47. The Hall–Kier alpha value is -2.98. The predicted molar refractivity (Wildman–Crippen MR) is 121 cm³/mol. The SMILES string of the molecule is CCC1(C)NC(=O)N(NC(=O)CSc2ncnc3scc(-c4ccc(C)cc4)c23)C1=O. The van der Waals surface area contributed by atoms with Crippen LogP contribution in [0.3, 0.4) is 0 Å². The van der Waals surface area contributed by atoms with Crippen LogP contribution in [0, 0.1) is 6.92 Å². The number of carbonyl (C=O) groups is 3. The van der Waals surface area contributed by atoms with Crippen molar-refractivity contribution in [1.82, 2.24) is 25.7 Å². The lowest BCUT2D eigenvalue weighted by atomic mass is 10.00. The monoisotopic (exact) mass is 455 g/mol. The lowest BCUT2D eigenvalue weighted by Gasteiger charge is -2.19. The number of rotatable bonds is 6. The number of amides is 4. The minimum atomic E-state index is -1.00. The van der Waals surface area contributed by atoms with E-state index < -0.39 is 23.4 Å². The molecule has 1 saturated heterocycles. The second kappa shape index (κ2) is 8.27. The maximum atomic E-state index is 12.5. The summed E-state index contributed by atoms with van der Waals surface area (Å²) in [5.41, 5.74) is 4.63. The number of imide groups is 1.